The molecule has 0 spiro atoms. The topological polar surface area (TPSA) is 60.8 Å². The Morgan fingerprint density at radius 1 is 1.28 bits per heavy atom. The first kappa shape index (κ1) is 14.7. The molecule has 2 N–H and O–H groups in total. The number of β-amino-alcohol motifs (C(OH)–C–C–N with tert-alkyl or cyclic N) is 1. The van der Waals surface area contributed by atoms with Crippen LogP contribution in [-0.2, 0) is 0 Å². The molecule has 0 saturated heterocycles. The summed E-state index contributed by atoms with van der Waals surface area (Å²) in [7, 11) is 0. The van der Waals surface area contributed by atoms with Crippen LogP contribution in [0.2, 0.25) is 0 Å². The van der Waals surface area contributed by atoms with E-state index in [1.807, 2.05) is 25.1 Å². The second kappa shape index (κ2) is 5.98. The number of benzene rings is 1. The molecule has 0 aliphatic carbocycles. The molecule has 1 amide bonds. The van der Waals surface area contributed by atoms with Gasteiger partial charge in [0.25, 0.3) is 5.91 Å². The van der Waals surface area contributed by atoms with Crippen LogP contribution in [0.1, 0.15) is 29.8 Å². The van der Waals surface area contributed by atoms with Crippen LogP contribution in [0.15, 0.2) is 24.3 Å². The molecular weight excluding hydrogens is 230 g/mol. The molecule has 100 valence electrons. The van der Waals surface area contributed by atoms with Crippen molar-refractivity contribution in [1.82, 2.24) is 4.90 Å². The van der Waals surface area contributed by atoms with Crippen molar-refractivity contribution in [3.63, 3.8) is 0 Å². The fourth-order valence-corrected chi connectivity index (χ4v) is 1.82. The zero-order valence-corrected chi connectivity index (χ0v) is 11.2. The number of aliphatic hydroxyl groups is 2. The van der Waals surface area contributed by atoms with Crippen LogP contribution in [0.4, 0.5) is 0 Å². The average molecular weight is 251 g/mol. The van der Waals surface area contributed by atoms with Crippen molar-refractivity contribution >= 4 is 5.91 Å². The summed E-state index contributed by atoms with van der Waals surface area (Å²) in [5.74, 6) is -0.166. The van der Waals surface area contributed by atoms with Gasteiger partial charge in [-0.2, -0.15) is 0 Å². The maximum atomic E-state index is 12.5. The zero-order valence-electron chi connectivity index (χ0n) is 11.2. The van der Waals surface area contributed by atoms with E-state index >= 15 is 0 Å². The van der Waals surface area contributed by atoms with Crippen molar-refractivity contribution in [2.24, 2.45) is 0 Å². The van der Waals surface area contributed by atoms with Gasteiger partial charge in [-0.3, -0.25) is 4.79 Å². The summed E-state index contributed by atoms with van der Waals surface area (Å²) in [5.41, 5.74) is 0.800. The monoisotopic (exact) mass is 251 g/mol. The molecule has 4 heteroatoms. The summed E-state index contributed by atoms with van der Waals surface area (Å²) >= 11 is 0. The lowest BCUT2D eigenvalue weighted by Crippen LogP contribution is -2.51. The Labute approximate surface area is 108 Å². The summed E-state index contributed by atoms with van der Waals surface area (Å²) in [6.45, 7) is 5.36. The highest BCUT2D eigenvalue weighted by Crippen LogP contribution is 2.19. The molecule has 0 radical (unpaired) electrons. The van der Waals surface area contributed by atoms with E-state index in [1.165, 1.54) is 4.90 Å². The van der Waals surface area contributed by atoms with Gasteiger partial charge in [0.1, 0.15) is 0 Å². The summed E-state index contributed by atoms with van der Waals surface area (Å²) in [6, 6.07) is 7.31. The smallest absolute Gasteiger partial charge is 0.254 e. The van der Waals surface area contributed by atoms with Gasteiger partial charge in [0, 0.05) is 12.1 Å². The predicted molar refractivity (Wildman–Crippen MR) is 70.5 cm³/mol. The lowest BCUT2D eigenvalue weighted by atomic mass is 10.0. The minimum absolute atomic E-state index is 0.124. The molecule has 0 aliphatic rings. The van der Waals surface area contributed by atoms with Crippen LogP contribution in [0.5, 0.6) is 0 Å². The quantitative estimate of drug-likeness (QED) is 0.826. The molecule has 0 aromatic heterocycles. The van der Waals surface area contributed by atoms with Crippen molar-refractivity contribution in [2.45, 2.75) is 26.3 Å². The molecule has 18 heavy (non-hydrogen) atoms. The van der Waals surface area contributed by atoms with E-state index in [2.05, 4.69) is 0 Å². The van der Waals surface area contributed by atoms with Crippen LogP contribution in [0, 0.1) is 6.92 Å². The summed E-state index contributed by atoms with van der Waals surface area (Å²) in [5, 5.41) is 18.5. The largest absolute Gasteiger partial charge is 0.395 e. The van der Waals surface area contributed by atoms with Crippen LogP contribution in [0.3, 0.4) is 0 Å². The molecule has 0 fully saturated rings. The summed E-state index contributed by atoms with van der Waals surface area (Å²) in [6.07, 6.45) is 0. The van der Waals surface area contributed by atoms with E-state index in [1.54, 1.807) is 19.9 Å². The van der Waals surface area contributed by atoms with E-state index in [0.29, 0.717) is 5.56 Å². The van der Waals surface area contributed by atoms with Gasteiger partial charge in [0.05, 0.1) is 18.8 Å². The lowest BCUT2D eigenvalue weighted by Gasteiger charge is -2.37. The second-order valence-corrected chi connectivity index (χ2v) is 4.97. The third-order valence-electron chi connectivity index (χ3n) is 3.06. The average Bonchev–Trinajstić information content (AvgIpc) is 2.35. The molecule has 0 atom stereocenters. The Bertz CT molecular complexity index is 415. The lowest BCUT2D eigenvalue weighted by molar-refractivity contribution is 0.0307. The van der Waals surface area contributed by atoms with Gasteiger partial charge < -0.3 is 15.1 Å². The molecule has 1 rings (SSSR count). The molecular formula is C14H21NO3. The Balaban J connectivity index is 3.08. The van der Waals surface area contributed by atoms with Crippen molar-refractivity contribution in [2.75, 3.05) is 19.8 Å². The zero-order chi connectivity index (χ0) is 13.8. The normalized spacial score (nSPS) is 11.4. The van der Waals surface area contributed by atoms with Crippen LogP contribution in [0.25, 0.3) is 0 Å². The number of aliphatic hydroxyl groups excluding tert-OH is 2. The first-order chi connectivity index (χ1) is 8.44. The van der Waals surface area contributed by atoms with Crippen LogP contribution < -0.4 is 0 Å². The van der Waals surface area contributed by atoms with Gasteiger partial charge in [-0.05, 0) is 32.4 Å². The summed E-state index contributed by atoms with van der Waals surface area (Å²) < 4.78 is 0. The number of carbonyl (C=O) groups excluding carboxylic acids is 1. The minimum atomic E-state index is -0.692. The molecule has 0 unspecified atom stereocenters. The standard InChI is InChI=1S/C14H21NO3/c1-11-6-4-5-7-12(11)13(18)15(8-9-16)14(2,3)10-17/h4-7,16-17H,8-10H2,1-3H3. The Morgan fingerprint density at radius 2 is 1.89 bits per heavy atom. The van der Waals surface area contributed by atoms with Crippen LogP contribution in [-0.4, -0.2) is 46.3 Å². The number of hydrogen-bond donors (Lipinski definition) is 2. The van der Waals surface area contributed by atoms with Gasteiger partial charge in [0.15, 0.2) is 0 Å². The minimum Gasteiger partial charge on any atom is -0.395 e. The van der Waals surface area contributed by atoms with Crippen molar-refractivity contribution in [1.29, 1.82) is 0 Å². The predicted octanol–water partition coefficient (Wildman–Crippen LogP) is 1.20. The Morgan fingerprint density at radius 3 is 2.39 bits per heavy atom. The van der Waals surface area contributed by atoms with Crippen LogP contribution >= 0.6 is 0 Å². The number of hydrogen-bond acceptors (Lipinski definition) is 3. The second-order valence-electron chi connectivity index (χ2n) is 4.97. The van der Waals surface area contributed by atoms with Gasteiger partial charge in [0.2, 0.25) is 0 Å². The fourth-order valence-electron chi connectivity index (χ4n) is 1.82. The number of rotatable bonds is 5. The maximum Gasteiger partial charge on any atom is 0.254 e. The van der Waals surface area contributed by atoms with Crippen molar-refractivity contribution in [3.05, 3.63) is 35.4 Å². The molecule has 0 bridgehead atoms. The molecule has 0 aliphatic heterocycles. The van der Waals surface area contributed by atoms with Gasteiger partial charge in [-0.25, -0.2) is 0 Å². The highest BCUT2D eigenvalue weighted by atomic mass is 16.3. The number of carbonyl (C=O) groups is 1. The third kappa shape index (κ3) is 3.09. The number of aryl methyl sites for hydroxylation is 1. The highest BCUT2D eigenvalue weighted by Gasteiger charge is 2.30. The molecule has 1 aromatic carbocycles. The Hall–Kier alpha value is -1.39. The molecule has 0 saturated carbocycles. The fraction of sp³-hybridized carbons (Fsp3) is 0.500. The van der Waals surface area contributed by atoms with E-state index in [4.69, 9.17) is 5.11 Å². The third-order valence-corrected chi connectivity index (χ3v) is 3.06. The summed E-state index contributed by atoms with van der Waals surface area (Å²) in [4.78, 5) is 14.0. The van der Waals surface area contributed by atoms with E-state index < -0.39 is 5.54 Å². The SMILES string of the molecule is Cc1ccccc1C(=O)N(CCO)C(C)(C)CO. The molecule has 4 nitrogen and oxygen atoms in total. The van der Waals surface area contributed by atoms with Gasteiger partial charge in [-0.15, -0.1) is 0 Å². The van der Waals surface area contributed by atoms with Crippen molar-refractivity contribution in [3.8, 4) is 0 Å². The molecule has 0 heterocycles. The van der Waals surface area contributed by atoms with E-state index in [0.717, 1.165) is 5.56 Å². The van der Waals surface area contributed by atoms with E-state index in [-0.39, 0.29) is 25.7 Å². The maximum absolute atomic E-state index is 12.5. The van der Waals surface area contributed by atoms with Crippen molar-refractivity contribution < 1.29 is 15.0 Å². The number of nitrogens with zero attached hydrogens (tertiary/aromatic N) is 1. The first-order valence-electron chi connectivity index (χ1n) is 6.03. The van der Waals surface area contributed by atoms with Gasteiger partial charge in [-0.1, -0.05) is 18.2 Å². The first-order valence-corrected chi connectivity index (χ1v) is 6.03. The number of amides is 1. The van der Waals surface area contributed by atoms with Gasteiger partial charge >= 0.3 is 0 Å². The van der Waals surface area contributed by atoms with E-state index in [9.17, 15) is 9.90 Å². The Kier molecular flexibility index (Phi) is 4.87. The highest BCUT2D eigenvalue weighted by molar-refractivity contribution is 5.96. The molecule has 1 aromatic rings.